The number of imidazole rings is 1. The Bertz CT molecular complexity index is 1360. The van der Waals surface area contributed by atoms with E-state index in [-0.39, 0.29) is 18.9 Å². The van der Waals surface area contributed by atoms with E-state index in [0.717, 1.165) is 11.1 Å². The number of carbonyl (C=O) groups is 3. The average Bonchev–Trinajstić information content (AvgIpc) is 3.25. The number of esters is 1. The SMILES string of the molecule is CCOC(=O)C1C(=O)N(CC(=O)c2ccccc2)c2nc3ccccc3n2C1c1ccccc1. The van der Waals surface area contributed by atoms with Crippen molar-refractivity contribution in [3.8, 4) is 0 Å². The summed E-state index contributed by atoms with van der Waals surface area (Å²) in [4.78, 5) is 46.1. The Balaban J connectivity index is 1.70. The fourth-order valence-electron chi connectivity index (χ4n) is 4.51. The van der Waals surface area contributed by atoms with Crippen molar-refractivity contribution in [1.29, 1.82) is 0 Å². The van der Waals surface area contributed by atoms with Crippen molar-refractivity contribution < 1.29 is 19.1 Å². The van der Waals surface area contributed by atoms with Gasteiger partial charge in [-0.05, 0) is 24.6 Å². The Morgan fingerprint density at radius 3 is 2.26 bits per heavy atom. The Labute approximate surface area is 196 Å². The first-order valence-corrected chi connectivity index (χ1v) is 11.2. The third-order valence-electron chi connectivity index (χ3n) is 6.02. The quantitative estimate of drug-likeness (QED) is 0.250. The Morgan fingerprint density at radius 2 is 1.56 bits per heavy atom. The van der Waals surface area contributed by atoms with E-state index in [9.17, 15) is 14.4 Å². The van der Waals surface area contributed by atoms with E-state index in [1.165, 1.54) is 4.90 Å². The molecule has 34 heavy (non-hydrogen) atoms. The van der Waals surface area contributed by atoms with Crippen LogP contribution in [0.4, 0.5) is 5.95 Å². The molecule has 0 radical (unpaired) electrons. The summed E-state index contributed by atoms with van der Waals surface area (Å²) < 4.78 is 7.22. The van der Waals surface area contributed by atoms with E-state index in [1.807, 2.05) is 65.2 Å². The van der Waals surface area contributed by atoms with Crippen LogP contribution in [0.3, 0.4) is 0 Å². The number of hydrogen-bond acceptors (Lipinski definition) is 5. The number of para-hydroxylation sites is 2. The maximum Gasteiger partial charge on any atom is 0.321 e. The highest BCUT2D eigenvalue weighted by Gasteiger charge is 2.48. The van der Waals surface area contributed by atoms with Crippen molar-refractivity contribution in [2.75, 3.05) is 18.1 Å². The van der Waals surface area contributed by atoms with Gasteiger partial charge in [0, 0.05) is 5.56 Å². The topological polar surface area (TPSA) is 81.5 Å². The van der Waals surface area contributed by atoms with E-state index in [0.29, 0.717) is 17.0 Å². The van der Waals surface area contributed by atoms with Crippen LogP contribution in [0, 0.1) is 5.92 Å². The molecular formula is C27H23N3O4. The number of anilines is 1. The van der Waals surface area contributed by atoms with Crippen LogP contribution in [-0.4, -0.2) is 40.4 Å². The first-order valence-electron chi connectivity index (χ1n) is 11.2. The molecule has 1 aromatic heterocycles. The van der Waals surface area contributed by atoms with Gasteiger partial charge in [0.05, 0.1) is 30.2 Å². The minimum atomic E-state index is -1.16. The van der Waals surface area contributed by atoms with E-state index in [2.05, 4.69) is 0 Å². The summed E-state index contributed by atoms with van der Waals surface area (Å²) in [7, 11) is 0. The van der Waals surface area contributed by atoms with Gasteiger partial charge in [-0.15, -0.1) is 0 Å². The predicted molar refractivity (Wildman–Crippen MR) is 128 cm³/mol. The standard InChI is InChI=1S/C27H23N3O4/c1-2-34-26(33)23-24(19-13-7-4-8-14-19)30-21-16-10-9-15-20(21)28-27(30)29(25(23)32)17-22(31)18-11-5-3-6-12-18/h3-16,23-24H,2,17H2,1H3. The second kappa shape index (κ2) is 8.94. The zero-order valence-electron chi connectivity index (χ0n) is 18.6. The van der Waals surface area contributed by atoms with E-state index >= 15 is 0 Å². The average molecular weight is 453 g/mol. The molecule has 7 heteroatoms. The molecule has 3 aromatic carbocycles. The van der Waals surface area contributed by atoms with Gasteiger partial charge in [-0.1, -0.05) is 72.8 Å². The molecule has 2 unspecified atom stereocenters. The van der Waals surface area contributed by atoms with Crippen molar-refractivity contribution in [3.63, 3.8) is 0 Å². The molecule has 0 aliphatic carbocycles. The number of ketones is 1. The van der Waals surface area contributed by atoms with Crippen LogP contribution >= 0.6 is 0 Å². The fourth-order valence-corrected chi connectivity index (χ4v) is 4.51. The molecular weight excluding hydrogens is 430 g/mol. The zero-order chi connectivity index (χ0) is 23.7. The van der Waals surface area contributed by atoms with Crippen LogP contribution in [0.2, 0.25) is 0 Å². The molecule has 0 bridgehead atoms. The van der Waals surface area contributed by atoms with Crippen molar-refractivity contribution in [2.45, 2.75) is 13.0 Å². The molecule has 2 heterocycles. The first kappa shape index (κ1) is 21.6. The molecule has 1 aliphatic heterocycles. The second-order valence-corrected chi connectivity index (χ2v) is 8.07. The van der Waals surface area contributed by atoms with Crippen molar-refractivity contribution in [2.24, 2.45) is 5.92 Å². The Hall–Kier alpha value is -4.26. The lowest BCUT2D eigenvalue weighted by molar-refractivity contribution is -0.153. The smallest absolute Gasteiger partial charge is 0.321 e. The second-order valence-electron chi connectivity index (χ2n) is 8.07. The van der Waals surface area contributed by atoms with E-state index in [1.54, 1.807) is 31.2 Å². The van der Waals surface area contributed by atoms with Crippen LogP contribution in [0.25, 0.3) is 11.0 Å². The van der Waals surface area contributed by atoms with Crippen molar-refractivity contribution >= 4 is 34.6 Å². The molecule has 0 N–H and O–H groups in total. The first-order chi connectivity index (χ1) is 16.6. The summed E-state index contributed by atoms with van der Waals surface area (Å²) in [5.74, 6) is -2.18. The number of ether oxygens (including phenoxy) is 1. The summed E-state index contributed by atoms with van der Waals surface area (Å²) in [5, 5.41) is 0. The number of hydrogen-bond donors (Lipinski definition) is 0. The number of amides is 1. The minimum Gasteiger partial charge on any atom is -0.465 e. The monoisotopic (exact) mass is 453 g/mol. The number of aromatic nitrogens is 2. The van der Waals surface area contributed by atoms with Crippen LogP contribution in [0.5, 0.6) is 0 Å². The molecule has 1 amide bonds. The lowest BCUT2D eigenvalue weighted by Crippen LogP contribution is -2.51. The van der Waals surface area contributed by atoms with Gasteiger partial charge in [-0.3, -0.25) is 19.3 Å². The number of rotatable bonds is 6. The summed E-state index contributed by atoms with van der Waals surface area (Å²) in [6.07, 6.45) is 0. The predicted octanol–water partition coefficient (Wildman–Crippen LogP) is 4.03. The molecule has 0 spiro atoms. The molecule has 170 valence electrons. The van der Waals surface area contributed by atoms with Crippen LogP contribution in [0.1, 0.15) is 28.9 Å². The fraction of sp³-hybridized carbons (Fsp3) is 0.185. The highest BCUT2D eigenvalue weighted by molar-refractivity contribution is 6.12. The summed E-state index contributed by atoms with van der Waals surface area (Å²) in [6.45, 7) is 1.62. The van der Waals surface area contributed by atoms with Crippen LogP contribution in [0.15, 0.2) is 84.9 Å². The van der Waals surface area contributed by atoms with Gasteiger partial charge >= 0.3 is 5.97 Å². The summed E-state index contributed by atoms with van der Waals surface area (Å²) in [6, 6.07) is 25.0. The molecule has 1 aliphatic rings. The van der Waals surface area contributed by atoms with Gasteiger partial charge in [0.2, 0.25) is 11.9 Å². The summed E-state index contributed by atoms with van der Waals surface area (Å²) >= 11 is 0. The third-order valence-corrected chi connectivity index (χ3v) is 6.02. The third kappa shape index (κ3) is 3.65. The highest BCUT2D eigenvalue weighted by atomic mass is 16.5. The summed E-state index contributed by atoms with van der Waals surface area (Å²) in [5.41, 5.74) is 2.71. The van der Waals surface area contributed by atoms with E-state index < -0.39 is 23.8 Å². The minimum absolute atomic E-state index is 0.143. The Kier molecular flexibility index (Phi) is 5.67. The Morgan fingerprint density at radius 1 is 0.912 bits per heavy atom. The molecule has 2 atom stereocenters. The maximum absolute atomic E-state index is 13.9. The van der Waals surface area contributed by atoms with Gasteiger partial charge in [0.15, 0.2) is 11.7 Å². The van der Waals surface area contributed by atoms with E-state index in [4.69, 9.17) is 9.72 Å². The molecule has 0 saturated carbocycles. The highest BCUT2D eigenvalue weighted by Crippen LogP contribution is 2.41. The van der Waals surface area contributed by atoms with Gasteiger partial charge in [-0.25, -0.2) is 4.98 Å². The molecule has 4 aromatic rings. The largest absolute Gasteiger partial charge is 0.465 e. The van der Waals surface area contributed by atoms with Gasteiger partial charge in [-0.2, -0.15) is 0 Å². The number of fused-ring (bicyclic) bond motifs is 3. The van der Waals surface area contributed by atoms with Gasteiger partial charge < -0.3 is 9.30 Å². The number of Topliss-reactive ketones (excluding diaryl/α,β-unsaturated/α-hetero) is 1. The number of benzene rings is 3. The lowest BCUT2D eigenvalue weighted by Gasteiger charge is -2.37. The molecule has 7 nitrogen and oxygen atoms in total. The lowest BCUT2D eigenvalue weighted by atomic mass is 9.89. The molecule has 0 saturated heterocycles. The number of nitrogens with zero attached hydrogens (tertiary/aromatic N) is 3. The normalized spacial score (nSPS) is 17.4. The molecule has 0 fully saturated rings. The van der Waals surface area contributed by atoms with Crippen LogP contribution < -0.4 is 4.90 Å². The van der Waals surface area contributed by atoms with Crippen LogP contribution in [-0.2, 0) is 14.3 Å². The zero-order valence-corrected chi connectivity index (χ0v) is 18.6. The van der Waals surface area contributed by atoms with Crippen molar-refractivity contribution in [1.82, 2.24) is 9.55 Å². The maximum atomic E-state index is 13.9. The van der Waals surface area contributed by atoms with Crippen molar-refractivity contribution in [3.05, 3.63) is 96.1 Å². The molecule has 5 rings (SSSR count). The van der Waals surface area contributed by atoms with Gasteiger partial charge in [0.25, 0.3) is 0 Å². The number of carbonyl (C=O) groups excluding carboxylic acids is 3. The van der Waals surface area contributed by atoms with Gasteiger partial charge in [0.1, 0.15) is 0 Å².